The topological polar surface area (TPSA) is 105 Å². The van der Waals surface area contributed by atoms with Crippen molar-refractivity contribution >= 4 is 17.8 Å². The standard InChI is InChI=1S/C26H44N2O6/c1-9-33-23(32)18-17-10-11-26(34-17)19(18)22(31)28(16(13-29)12-15(2)3)20(26)21(30)27-25(7,8)14-24(4,5)6/h15-20,29H,9-14H2,1-8H3,(H,27,30)/t16-,17-,18+,19+,20?,26?/m1/s1. The van der Waals surface area contributed by atoms with Gasteiger partial charge in [0.15, 0.2) is 0 Å². The summed E-state index contributed by atoms with van der Waals surface area (Å²) in [4.78, 5) is 42.3. The van der Waals surface area contributed by atoms with E-state index in [4.69, 9.17) is 9.47 Å². The molecule has 3 aliphatic rings. The summed E-state index contributed by atoms with van der Waals surface area (Å²) in [6, 6.07) is -1.43. The van der Waals surface area contributed by atoms with E-state index in [1.54, 1.807) is 11.8 Å². The molecule has 34 heavy (non-hydrogen) atoms. The van der Waals surface area contributed by atoms with Gasteiger partial charge in [0.1, 0.15) is 11.6 Å². The molecule has 8 nitrogen and oxygen atoms in total. The highest BCUT2D eigenvalue weighted by Crippen LogP contribution is 2.59. The second-order valence-electron chi connectivity index (χ2n) is 12.6. The van der Waals surface area contributed by atoms with Crippen molar-refractivity contribution in [3.05, 3.63) is 0 Å². The minimum Gasteiger partial charge on any atom is -0.466 e. The largest absolute Gasteiger partial charge is 0.466 e. The number of aliphatic hydroxyl groups excluding tert-OH is 1. The number of ether oxygens (including phenoxy) is 2. The molecule has 194 valence electrons. The van der Waals surface area contributed by atoms with Crippen LogP contribution in [-0.2, 0) is 23.9 Å². The van der Waals surface area contributed by atoms with E-state index in [-0.39, 0.29) is 36.4 Å². The molecule has 8 heteroatoms. The van der Waals surface area contributed by atoms with Gasteiger partial charge in [-0.15, -0.1) is 0 Å². The zero-order chi connectivity index (χ0) is 25.6. The van der Waals surface area contributed by atoms with Gasteiger partial charge in [-0.05, 0) is 57.8 Å². The molecule has 0 aliphatic carbocycles. The van der Waals surface area contributed by atoms with Crippen molar-refractivity contribution in [2.75, 3.05) is 13.2 Å². The maximum atomic E-state index is 14.0. The number of rotatable bonds is 9. The van der Waals surface area contributed by atoms with Crippen molar-refractivity contribution in [3.8, 4) is 0 Å². The average molecular weight is 481 g/mol. The van der Waals surface area contributed by atoms with Crippen molar-refractivity contribution in [2.24, 2.45) is 23.2 Å². The number of carbonyl (C=O) groups is 3. The van der Waals surface area contributed by atoms with Crippen LogP contribution in [0.5, 0.6) is 0 Å². The summed E-state index contributed by atoms with van der Waals surface area (Å²) in [7, 11) is 0. The highest BCUT2D eigenvalue weighted by Gasteiger charge is 2.75. The Morgan fingerprint density at radius 1 is 1.26 bits per heavy atom. The van der Waals surface area contributed by atoms with Crippen LogP contribution in [0.15, 0.2) is 0 Å². The summed E-state index contributed by atoms with van der Waals surface area (Å²) in [6.45, 7) is 16.1. The fourth-order valence-electron chi connectivity index (χ4n) is 6.88. The maximum absolute atomic E-state index is 14.0. The predicted molar refractivity (Wildman–Crippen MR) is 128 cm³/mol. The Morgan fingerprint density at radius 2 is 1.91 bits per heavy atom. The first-order valence-corrected chi connectivity index (χ1v) is 12.8. The zero-order valence-corrected chi connectivity index (χ0v) is 22.1. The second kappa shape index (κ2) is 9.41. The Bertz CT molecular complexity index is 804. The van der Waals surface area contributed by atoms with Gasteiger partial charge >= 0.3 is 5.97 Å². The van der Waals surface area contributed by atoms with Gasteiger partial charge in [-0.3, -0.25) is 14.4 Å². The van der Waals surface area contributed by atoms with Crippen LogP contribution < -0.4 is 5.32 Å². The van der Waals surface area contributed by atoms with Crippen LogP contribution in [0.1, 0.15) is 81.1 Å². The van der Waals surface area contributed by atoms with Crippen LogP contribution in [0.3, 0.4) is 0 Å². The Balaban J connectivity index is 2.02. The number of carbonyl (C=O) groups excluding carboxylic acids is 3. The van der Waals surface area contributed by atoms with Gasteiger partial charge in [0.05, 0.1) is 37.2 Å². The lowest BCUT2D eigenvalue weighted by molar-refractivity contribution is -0.155. The van der Waals surface area contributed by atoms with Crippen LogP contribution in [0.2, 0.25) is 0 Å². The molecule has 3 rings (SSSR count). The molecule has 0 aromatic rings. The molecule has 6 atom stereocenters. The molecule has 0 radical (unpaired) electrons. The molecule has 3 saturated heterocycles. The lowest BCUT2D eigenvalue weighted by Gasteiger charge is -2.40. The Labute approximate surface area is 204 Å². The fourth-order valence-corrected chi connectivity index (χ4v) is 6.88. The highest BCUT2D eigenvalue weighted by molar-refractivity contribution is 5.98. The lowest BCUT2D eigenvalue weighted by Crippen LogP contribution is -2.61. The average Bonchev–Trinajstić information content (AvgIpc) is 3.31. The first kappa shape index (κ1) is 26.9. The SMILES string of the molecule is CCOC(=O)[C@@H]1[C@H]2C(=O)N([C@@H](CO)CC(C)C)C(C(=O)NC(C)(C)CC(C)(C)C)C23CC[C@H]1O3. The first-order valence-electron chi connectivity index (χ1n) is 12.8. The van der Waals surface area contributed by atoms with E-state index in [0.29, 0.717) is 19.3 Å². The van der Waals surface area contributed by atoms with E-state index in [1.807, 2.05) is 27.7 Å². The molecular formula is C26H44N2O6. The number of likely N-dealkylation sites (tertiary alicyclic amines) is 1. The molecule has 0 saturated carbocycles. The smallest absolute Gasteiger partial charge is 0.312 e. The quantitative estimate of drug-likeness (QED) is 0.492. The molecule has 2 unspecified atom stereocenters. The number of esters is 1. The van der Waals surface area contributed by atoms with Gasteiger partial charge in [0.2, 0.25) is 11.8 Å². The molecule has 1 spiro atoms. The van der Waals surface area contributed by atoms with Gasteiger partial charge in [-0.1, -0.05) is 34.6 Å². The van der Waals surface area contributed by atoms with E-state index >= 15 is 0 Å². The van der Waals surface area contributed by atoms with E-state index in [9.17, 15) is 19.5 Å². The van der Waals surface area contributed by atoms with Gasteiger partial charge in [0.25, 0.3) is 0 Å². The monoisotopic (exact) mass is 480 g/mol. The number of hydrogen-bond acceptors (Lipinski definition) is 6. The molecule has 3 fully saturated rings. The fraction of sp³-hybridized carbons (Fsp3) is 0.885. The number of fused-ring (bicyclic) bond motifs is 1. The molecule has 0 aromatic carbocycles. The molecule has 2 bridgehead atoms. The van der Waals surface area contributed by atoms with Crippen molar-refractivity contribution in [1.29, 1.82) is 0 Å². The third kappa shape index (κ3) is 4.85. The Kier molecular flexibility index (Phi) is 7.46. The summed E-state index contributed by atoms with van der Waals surface area (Å²) in [5.74, 6) is -2.28. The number of amides is 2. The van der Waals surface area contributed by atoms with E-state index in [1.165, 1.54) is 0 Å². The molecule has 0 aromatic heterocycles. The maximum Gasteiger partial charge on any atom is 0.312 e. The van der Waals surface area contributed by atoms with Crippen LogP contribution in [0, 0.1) is 23.2 Å². The van der Waals surface area contributed by atoms with E-state index < -0.39 is 47.1 Å². The Hall–Kier alpha value is -1.67. The lowest BCUT2D eigenvalue weighted by atomic mass is 9.70. The second-order valence-corrected chi connectivity index (χ2v) is 12.6. The molecule has 2 N–H and O–H groups in total. The number of nitrogens with one attached hydrogen (secondary N) is 1. The third-order valence-electron chi connectivity index (χ3n) is 7.33. The molecule has 2 amide bonds. The molecule has 3 heterocycles. The van der Waals surface area contributed by atoms with Crippen LogP contribution >= 0.6 is 0 Å². The molecular weight excluding hydrogens is 436 g/mol. The van der Waals surface area contributed by atoms with Crippen molar-refractivity contribution in [3.63, 3.8) is 0 Å². The first-order chi connectivity index (χ1) is 15.7. The Morgan fingerprint density at radius 3 is 2.44 bits per heavy atom. The van der Waals surface area contributed by atoms with Crippen LogP contribution in [0.4, 0.5) is 0 Å². The number of hydrogen-bond donors (Lipinski definition) is 2. The minimum absolute atomic E-state index is 0.00855. The van der Waals surface area contributed by atoms with E-state index in [0.717, 1.165) is 6.42 Å². The van der Waals surface area contributed by atoms with Crippen LogP contribution in [-0.4, -0.2) is 70.3 Å². The van der Waals surface area contributed by atoms with Gasteiger partial charge in [0, 0.05) is 5.54 Å². The highest BCUT2D eigenvalue weighted by atomic mass is 16.6. The normalized spacial score (nSPS) is 31.7. The summed E-state index contributed by atoms with van der Waals surface area (Å²) >= 11 is 0. The third-order valence-corrected chi connectivity index (χ3v) is 7.33. The summed E-state index contributed by atoms with van der Waals surface area (Å²) in [6.07, 6.45) is 1.99. The minimum atomic E-state index is -1.08. The van der Waals surface area contributed by atoms with Gasteiger partial charge in [-0.2, -0.15) is 0 Å². The van der Waals surface area contributed by atoms with Crippen molar-refractivity contribution in [1.82, 2.24) is 10.2 Å². The summed E-state index contributed by atoms with van der Waals surface area (Å²) in [5.41, 5.74) is -1.60. The van der Waals surface area contributed by atoms with Crippen molar-refractivity contribution < 1.29 is 29.0 Å². The predicted octanol–water partition coefficient (Wildman–Crippen LogP) is 2.66. The summed E-state index contributed by atoms with van der Waals surface area (Å²) in [5, 5.41) is 13.5. The van der Waals surface area contributed by atoms with E-state index in [2.05, 4.69) is 26.1 Å². The van der Waals surface area contributed by atoms with Crippen molar-refractivity contribution in [2.45, 2.75) is 110 Å². The molecule has 3 aliphatic heterocycles. The number of nitrogens with zero attached hydrogens (tertiary/aromatic N) is 1. The van der Waals surface area contributed by atoms with Gasteiger partial charge in [-0.25, -0.2) is 0 Å². The zero-order valence-electron chi connectivity index (χ0n) is 22.1. The van der Waals surface area contributed by atoms with Crippen LogP contribution in [0.25, 0.3) is 0 Å². The number of aliphatic hydroxyl groups is 1. The summed E-state index contributed by atoms with van der Waals surface area (Å²) < 4.78 is 11.7. The van der Waals surface area contributed by atoms with Gasteiger partial charge < -0.3 is 24.8 Å².